The van der Waals surface area contributed by atoms with Crippen molar-refractivity contribution in [2.45, 2.75) is 6.92 Å². The van der Waals surface area contributed by atoms with E-state index in [0.29, 0.717) is 6.61 Å². The Morgan fingerprint density at radius 2 is 2.12 bits per heavy atom. The minimum absolute atomic E-state index is 0.0378. The molecule has 0 amide bonds. The number of carbonyl (C=O) groups is 3. The van der Waals surface area contributed by atoms with Gasteiger partial charge in [0.1, 0.15) is 11.3 Å². The zero-order valence-corrected chi connectivity index (χ0v) is 8.60. The van der Waals surface area contributed by atoms with Gasteiger partial charge in [-0.05, 0) is 25.1 Å². The van der Waals surface area contributed by atoms with Crippen LogP contribution in [0, 0.1) is 0 Å². The van der Waals surface area contributed by atoms with Gasteiger partial charge in [-0.25, -0.2) is 4.79 Å². The first-order chi connectivity index (χ1) is 7.60. The highest BCUT2D eigenvalue weighted by Gasteiger charge is 2.14. The maximum absolute atomic E-state index is 11.1. The number of carboxylic acid groups (broad SMARTS) is 1. The van der Waals surface area contributed by atoms with Crippen LogP contribution >= 0.6 is 0 Å². The summed E-state index contributed by atoms with van der Waals surface area (Å²) in [6, 6.07) is 3.85. The van der Waals surface area contributed by atoms with Gasteiger partial charge >= 0.3 is 5.97 Å². The van der Waals surface area contributed by atoms with Gasteiger partial charge in [-0.1, -0.05) is 0 Å². The molecule has 0 heterocycles. The zero-order chi connectivity index (χ0) is 12.1. The summed E-state index contributed by atoms with van der Waals surface area (Å²) in [4.78, 5) is 32.2. The van der Waals surface area contributed by atoms with Gasteiger partial charge < -0.3 is 9.84 Å². The summed E-state index contributed by atoms with van der Waals surface area (Å²) >= 11 is 0. The Bertz CT molecular complexity index is 436. The molecule has 0 radical (unpaired) electrons. The van der Waals surface area contributed by atoms with Crippen molar-refractivity contribution in [3.05, 3.63) is 29.3 Å². The summed E-state index contributed by atoms with van der Waals surface area (Å²) in [7, 11) is 0. The monoisotopic (exact) mass is 222 g/mol. The van der Waals surface area contributed by atoms with Crippen molar-refractivity contribution in [3.8, 4) is 5.75 Å². The third-order valence-corrected chi connectivity index (χ3v) is 1.90. The third-order valence-electron chi connectivity index (χ3n) is 1.90. The number of Topliss-reactive ketones (excluding diaryl/α,β-unsaturated/α-hetero) is 1. The number of hydrogen-bond donors (Lipinski definition) is 1. The minimum Gasteiger partial charge on any atom is -0.493 e. The van der Waals surface area contributed by atoms with Gasteiger partial charge in [0.15, 0.2) is 6.29 Å². The van der Waals surface area contributed by atoms with Crippen molar-refractivity contribution in [2.24, 2.45) is 0 Å². The SMILES string of the molecule is CCOc1ccc(C(=O)C=O)cc1C(=O)O. The highest BCUT2D eigenvalue weighted by Crippen LogP contribution is 2.20. The molecule has 5 heteroatoms. The second-order valence-corrected chi connectivity index (χ2v) is 2.93. The van der Waals surface area contributed by atoms with Crippen molar-refractivity contribution in [1.29, 1.82) is 0 Å². The first-order valence-electron chi connectivity index (χ1n) is 4.59. The average molecular weight is 222 g/mol. The quantitative estimate of drug-likeness (QED) is 0.459. The number of benzene rings is 1. The molecule has 0 aliphatic rings. The minimum atomic E-state index is -1.20. The number of ether oxygens (including phenoxy) is 1. The molecule has 1 aromatic rings. The molecule has 84 valence electrons. The molecule has 16 heavy (non-hydrogen) atoms. The fraction of sp³-hybridized carbons (Fsp3) is 0.182. The molecular weight excluding hydrogens is 212 g/mol. The first-order valence-corrected chi connectivity index (χ1v) is 4.59. The predicted octanol–water partition coefficient (Wildman–Crippen LogP) is 1.17. The lowest BCUT2D eigenvalue weighted by Gasteiger charge is -2.07. The lowest BCUT2D eigenvalue weighted by Crippen LogP contribution is -2.07. The number of carboxylic acids is 1. The van der Waals surface area contributed by atoms with Gasteiger partial charge in [-0.2, -0.15) is 0 Å². The second kappa shape index (κ2) is 5.06. The Balaban J connectivity index is 3.22. The Morgan fingerprint density at radius 3 is 2.62 bits per heavy atom. The number of carbonyl (C=O) groups excluding carboxylic acids is 2. The van der Waals surface area contributed by atoms with E-state index < -0.39 is 11.8 Å². The van der Waals surface area contributed by atoms with Crippen LogP contribution in [0.15, 0.2) is 18.2 Å². The van der Waals surface area contributed by atoms with Gasteiger partial charge in [-0.15, -0.1) is 0 Å². The molecule has 0 aliphatic carbocycles. The molecule has 0 saturated heterocycles. The van der Waals surface area contributed by atoms with Crippen LogP contribution in [0.4, 0.5) is 0 Å². The number of hydrogen-bond acceptors (Lipinski definition) is 4. The normalized spacial score (nSPS) is 9.56. The number of aromatic carboxylic acids is 1. The van der Waals surface area contributed by atoms with E-state index in [-0.39, 0.29) is 23.2 Å². The van der Waals surface area contributed by atoms with Crippen molar-refractivity contribution in [1.82, 2.24) is 0 Å². The molecule has 1 aromatic carbocycles. The molecule has 0 atom stereocenters. The Kier molecular flexibility index (Phi) is 3.77. The standard InChI is InChI=1S/C11H10O5/c1-2-16-10-4-3-7(9(13)6-12)5-8(10)11(14)15/h3-6H,2H2,1H3,(H,14,15). The topological polar surface area (TPSA) is 80.7 Å². The van der Waals surface area contributed by atoms with Gasteiger partial charge in [0.2, 0.25) is 5.78 Å². The largest absolute Gasteiger partial charge is 0.493 e. The van der Waals surface area contributed by atoms with E-state index >= 15 is 0 Å². The van der Waals surface area contributed by atoms with Crippen LogP contribution in [0.2, 0.25) is 0 Å². The van der Waals surface area contributed by atoms with Crippen LogP contribution < -0.4 is 4.74 Å². The maximum atomic E-state index is 11.1. The number of rotatable bonds is 5. The van der Waals surface area contributed by atoms with E-state index in [4.69, 9.17) is 9.84 Å². The molecule has 0 fully saturated rings. The summed E-state index contributed by atoms with van der Waals surface area (Å²) in [5.41, 5.74) is -0.0922. The smallest absolute Gasteiger partial charge is 0.339 e. The van der Waals surface area contributed by atoms with Crippen LogP contribution in [0.25, 0.3) is 0 Å². The summed E-state index contributed by atoms with van der Waals surface area (Å²) < 4.78 is 5.09. The summed E-state index contributed by atoms with van der Waals surface area (Å²) in [6.07, 6.45) is 0.140. The highest BCUT2D eigenvalue weighted by atomic mass is 16.5. The van der Waals surface area contributed by atoms with Crippen LogP contribution in [0.3, 0.4) is 0 Å². The molecule has 0 bridgehead atoms. The van der Waals surface area contributed by atoms with E-state index in [9.17, 15) is 14.4 Å². The summed E-state index contributed by atoms with van der Waals surface area (Å²) in [5, 5.41) is 8.89. The Labute approximate surface area is 91.6 Å². The predicted molar refractivity (Wildman–Crippen MR) is 55.0 cm³/mol. The first kappa shape index (κ1) is 11.9. The van der Waals surface area contributed by atoms with Crippen LogP contribution in [-0.4, -0.2) is 29.8 Å². The lowest BCUT2D eigenvalue weighted by atomic mass is 10.1. The highest BCUT2D eigenvalue weighted by molar-refractivity contribution is 6.33. The summed E-state index contributed by atoms with van der Waals surface area (Å²) in [5.74, 6) is -1.79. The molecular formula is C11H10O5. The molecule has 1 N–H and O–H groups in total. The fourth-order valence-electron chi connectivity index (χ4n) is 1.20. The summed E-state index contributed by atoms with van der Waals surface area (Å²) in [6.45, 7) is 2.04. The van der Waals surface area contributed by atoms with E-state index in [1.54, 1.807) is 6.92 Å². The molecule has 0 unspecified atom stereocenters. The van der Waals surface area contributed by atoms with Crippen LogP contribution in [0.1, 0.15) is 27.6 Å². The number of aldehydes is 1. The lowest BCUT2D eigenvalue weighted by molar-refractivity contribution is -0.104. The van der Waals surface area contributed by atoms with Crippen molar-refractivity contribution in [2.75, 3.05) is 6.61 Å². The maximum Gasteiger partial charge on any atom is 0.339 e. The van der Waals surface area contributed by atoms with E-state index in [1.165, 1.54) is 12.1 Å². The molecule has 1 rings (SSSR count). The average Bonchev–Trinajstić information content (AvgIpc) is 2.28. The Hall–Kier alpha value is -2.17. The molecule has 0 spiro atoms. The van der Waals surface area contributed by atoms with E-state index in [1.807, 2.05) is 0 Å². The third kappa shape index (κ3) is 2.44. The van der Waals surface area contributed by atoms with Crippen molar-refractivity contribution in [3.63, 3.8) is 0 Å². The van der Waals surface area contributed by atoms with Crippen LogP contribution in [0.5, 0.6) is 5.75 Å². The van der Waals surface area contributed by atoms with E-state index in [0.717, 1.165) is 6.07 Å². The number of ketones is 1. The molecule has 5 nitrogen and oxygen atoms in total. The molecule has 0 aliphatic heterocycles. The van der Waals surface area contributed by atoms with Gasteiger partial charge in [0, 0.05) is 5.56 Å². The second-order valence-electron chi connectivity index (χ2n) is 2.93. The van der Waals surface area contributed by atoms with E-state index in [2.05, 4.69) is 0 Å². The van der Waals surface area contributed by atoms with Crippen LogP contribution in [-0.2, 0) is 4.79 Å². The fourth-order valence-corrected chi connectivity index (χ4v) is 1.20. The molecule has 0 saturated carbocycles. The van der Waals surface area contributed by atoms with Crippen molar-refractivity contribution < 1.29 is 24.2 Å². The van der Waals surface area contributed by atoms with Gasteiger partial charge in [-0.3, -0.25) is 9.59 Å². The molecule has 0 aromatic heterocycles. The Morgan fingerprint density at radius 1 is 1.44 bits per heavy atom. The van der Waals surface area contributed by atoms with Gasteiger partial charge in [0.25, 0.3) is 0 Å². The van der Waals surface area contributed by atoms with Gasteiger partial charge in [0.05, 0.1) is 6.61 Å². The zero-order valence-electron chi connectivity index (χ0n) is 8.60. The van der Waals surface area contributed by atoms with Crippen molar-refractivity contribution >= 4 is 18.0 Å².